The summed E-state index contributed by atoms with van der Waals surface area (Å²) in [5.41, 5.74) is 1.35. The van der Waals surface area contributed by atoms with Crippen LogP contribution in [0.2, 0.25) is 0 Å². The monoisotopic (exact) mass is 367 g/mol. The van der Waals surface area contributed by atoms with Crippen LogP contribution in [0.4, 0.5) is 0 Å². The summed E-state index contributed by atoms with van der Waals surface area (Å²) in [6.07, 6.45) is 0. The van der Waals surface area contributed by atoms with Crippen molar-refractivity contribution < 1.29 is 4.42 Å². The first-order valence-electron chi connectivity index (χ1n) is 6.89. The Morgan fingerprint density at radius 3 is 2.83 bits per heavy atom. The van der Waals surface area contributed by atoms with Gasteiger partial charge in [-0.25, -0.2) is 4.98 Å². The maximum atomic E-state index is 12.2. The first kappa shape index (κ1) is 13.9. The average Bonchev–Trinajstić information content (AvgIpc) is 2.54. The highest BCUT2D eigenvalue weighted by molar-refractivity contribution is 9.10. The van der Waals surface area contributed by atoms with Gasteiger partial charge in [0.25, 0.3) is 5.56 Å². The molecule has 23 heavy (non-hydrogen) atoms. The minimum Gasteiger partial charge on any atom is -0.438 e. The van der Waals surface area contributed by atoms with Crippen molar-refractivity contribution in [3.8, 4) is 11.4 Å². The average molecular weight is 368 g/mol. The number of aromatic amines is 1. The number of hydrogen-bond acceptors (Lipinski definition) is 4. The van der Waals surface area contributed by atoms with Gasteiger partial charge in [0.15, 0.2) is 0 Å². The van der Waals surface area contributed by atoms with E-state index in [1.54, 1.807) is 30.3 Å². The van der Waals surface area contributed by atoms with Crippen molar-refractivity contribution in [3.05, 3.63) is 68.9 Å². The third kappa shape index (κ3) is 2.37. The first-order valence-corrected chi connectivity index (χ1v) is 7.68. The van der Waals surface area contributed by atoms with Crippen molar-refractivity contribution in [1.82, 2.24) is 9.97 Å². The number of nitrogens with one attached hydrogen (secondary N) is 2. The highest BCUT2D eigenvalue weighted by Gasteiger charge is 2.10. The van der Waals surface area contributed by atoms with Gasteiger partial charge in [-0.2, -0.15) is 0 Å². The van der Waals surface area contributed by atoms with Gasteiger partial charge in [0.2, 0.25) is 5.55 Å². The van der Waals surface area contributed by atoms with Crippen LogP contribution in [-0.2, 0) is 0 Å². The zero-order valence-electron chi connectivity index (χ0n) is 11.8. The molecule has 0 unspecified atom stereocenters. The van der Waals surface area contributed by atoms with Crippen molar-refractivity contribution in [3.63, 3.8) is 0 Å². The standard InChI is InChI=1S/C17H10BrN3O2/c18-10-5-6-14-9(7-10)8-12(15(19)23-14)16-20-13-4-2-1-3-11(13)17(22)21-16/h1-8,19H,(H,20,21,22). The van der Waals surface area contributed by atoms with Crippen molar-refractivity contribution in [1.29, 1.82) is 5.41 Å². The Bertz CT molecular complexity index is 1180. The van der Waals surface area contributed by atoms with E-state index in [-0.39, 0.29) is 11.1 Å². The molecule has 0 aliphatic heterocycles. The summed E-state index contributed by atoms with van der Waals surface area (Å²) in [4.78, 5) is 19.4. The maximum absolute atomic E-state index is 12.2. The van der Waals surface area contributed by atoms with Crippen LogP contribution < -0.4 is 11.1 Å². The largest absolute Gasteiger partial charge is 0.438 e. The molecular formula is C17H10BrN3O2. The van der Waals surface area contributed by atoms with Gasteiger partial charge >= 0.3 is 0 Å². The molecule has 0 bridgehead atoms. The smallest absolute Gasteiger partial charge is 0.259 e. The van der Waals surface area contributed by atoms with Crippen molar-refractivity contribution in [2.24, 2.45) is 0 Å². The van der Waals surface area contributed by atoms with Gasteiger partial charge in [0, 0.05) is 9.86 Å². The molecule has 5 nitrogen and oxygen atoms in total. The van der Waals surface area contributed by atoms with Gasteiger partial charge in [0.05, 0.1) is 16.5 Å². The Morgan fingerprint density at radius 2 is 1.96 bits per heavy atom. The fourth-order valence-corrected chi connectivity index (χ4v) is 2.88. The third-order valence-electron chi connectivity index (χ3n) is 3.60. The topological polar surface area (TPSA) is 82.7 Å². The lowest BCUT2D eigenvalue weighted by molar-refractivity contribution is 0.535. The minimum absolute atomic E-state index is 0.0433. The van der Waals surface area contributed by atoms with Gasteiger partial charge in [-0.15, -0.1) is 0 Å². The second-order valence-electron chi connectivity index (χ2n) is 5.10. The van der Waals surface area contributed by atoms with Crippen LogP contribution in [0, 0.1) is 5.41 Å². The van der Waals surface area contributed by atoms with Crippen LogP contribution in [0.1, 0.15) is 0 Å². The fraction of sp³-hybridized carbons (Fsp3) is 0. The molecule has 0 aliphatic rings. The van der Waals surface area contributed by atoms with E-state index in [1.807, 2.05) is 18.2 Å². The molecule has 6 heteroatoms. The zero-order valence-corrected chi connectivity index (χ0v) is 13.3. The molecule has 2 heterocycles. The van der Waals surface area contributed by atoms with E-state index in [4.69, 9.17) is 9.83 Å². The van der Waals surface area contributed by atoms with E-state index >= 15 is 0 Å². The van der Waals surface area contributed by atoms with E-state index in [0.29, 0.717) is 27.9 Å². The van der Waals surface area contributed by atoms with E-state index < -0.39 is 0 Å². The second kappa shape index (κ2) is 5.17. The highest BCUT2D eigenvalue weighted by Crippen LogP contribution is 2.22. The number of fused-ring (bicyclic) bond motifs is 2. The van der Waals surface area contributed by atoms with Gasteiger partial charge in [-0.3, -0.25) is 10.2 Å². The quantitative estimate of drug-likeness (QED) is 0.539. The predicted octanol–water partition coefficient (Wildman–Crippen LogP) is 3.58. The van der Waals surface area contributed by atoms with Gasteiger partial charge in [-0.05, 0) is 36.4 Å². The Labute approximate surface area is 138 Å². The molecule has 0 saturated heterocycles. The molecule has 2 N–H and O–H groups in total. The van der Waals surface area contributed by atoms with Crippen LogP contribution >= 0.6 is 15.9 Å². The molecule has 0 spiro atoms. The number of aromatic nitrogens is 2. The number of benzene rings is 2. The maximum Gasteiger partial charge on any atom is 0.259 e. The Morgan fingerprint density at radius 1 is 1.13 bits per heavy atom. The van der Waals surface area contributed by atoms with Gasteiger partial charge in [-0.1, -0.05) is 28.1 Å². The number of nitrogens with zero attached hydrogens (tertiary/aromatic N) is 1. The molecule has 4 rings (SSSR count). The van der Waals surface area contributed by atoms with Gasteiger partial charge < -0.3 is 9.40 Å². The summed E-state index contributed by atoms with van der Waals surface area (Å²) in [6.45, 7) is 0. The van der Waals surface area contributed by atoms with E-state index in [1.165, 1.54) is 0 Å². The van der Waals surface area contributed by atoms with E-state index in [2.05, 4.69) is 25.9 Å². The molecule has 0 radical (unpaired) electrons. The molecule has 0 amide bonds. The van der Waals surface area contributed by atoms with Crippen LogP contribution in [0.25, 0.3) is 33.3 Å². The minimum atomic E-state index is -0.237. The van der Waals surface area contributed by atoms with Crippen molar-refractivity contribution >= 4 is 37.8 Å². The van der Waals surface area contributed by atoms with Crippen LogP contribution in [0.15, 0.2) is 62.2 Å². The summed E-state index contributed by atoms with van der Waals surface area (Å²) in [5.74, 6) is 0.323. The van der Waals surface area contributed by atoms with E-state index in [0.717, 1.165) is 9.86 Å². The zero-order chi connectivity index (χ0) is 16.0. The molecule has 0 aliphatic carbocycles. The first-order chi connectivity index (χ1) is 11.1. The van der Waals surface area contributed by atoms with Gasteiger partial charge in [0.1, 0.15) is 11.4 Å². The van der Waals surface area contributed by atoms with Crippen LogP contribution in [-0.4, -0.2) is 9.97 Å². The number of H-pyrrole nitrogens is 1. The summed E-state index contributed by atoms with van der Waals surface area (Å²) >= 11 is 3.41. The molecule has 112 valence electrons. The Balaban J connectivity index is 2.04. The molecular weight excluding hydrogens is 358 g/mol. The van der Waals surface area contributed by atoms with Crippen molar-refractivity contribution in [2.75, 3.05) is 0 Å². The normalized spacial score (nSPS) is 11.2. The van der Waals surface area contributed by atoms with E-state index in [9.17, 15) is 4.79 Å². The summed E-state index contributed by atoms with van der Waals surface area (Å²) in [6, 6.07) is 14.4. The fourth-order valence-electron chi connectivity index (χ4n) is 2.50. The summed E-state index contributed by atoms with van der Waals surface area (Å²) < 4.78 is 6.44. The summed E-state index contributed by atoms with van der Waals surface area (Å²) in [7, 11) is 0. The lowest BCUT2D eigenvalue weighted by Gasteiger charge is -2.05. The number of hydrogen-bond donors (Lipinski definition) is 2. The van der Waals surface area contributed by atoms with Crippen LogP contribution in [0.5, 0.6) is 0 Å². The predicted molar refractivity (Wildman–Crippen MR) is 91.1 cm³/mol. The second-order valence-corrected chi connectivity index (χ2v) is 6.02. The molecule has 0 saturated carbocycles. The molecule has 4 aromatic rings. The molecule has 0 atom stereocenters. The Kier molecular flexibility index (Phi) is 3.12. The van der Waals surface area contributed by atoms with Crippen LogP contribution in [0.3, 0.4) is 0 Å². The molecule has 0 fully saturated rings. The SMILES string of the molecule is N=c1oc2ccc(Br)cc2cc1-c1nc2ccccc2c(=O)[nH]1. The lowest BCUT2D eigenvalue weighted by atomic mass is 10.1. The molecule has 2 aromatic heterocycles. The Hall–Kier alpha value is -2.73. The molecule has 2 aromatic carbocycles. The highest BCUT2D eigenvalue weighted by atomic mass is 79.9. The number of halogens is 1. The lowest BCUT2D eigenvalue weighted by Crippen LogP contribution is -2.13. The third-order valence-corrected chi connectivity index (χ3v) is 4.09. The number of rotatable bonds is 1. The summed E-state index contributed by atoms with van der Waals surface area (Å²) in [5, 5.41) is 9.42. The number of para-hydroxylation sites is 1. The van der Waals surface area contributed by atoms with Crippen molar-refractivity contribution in [2.45, 2.75) is 0 Å².